The van der Waals surface area contributed by atoms with E-state index in [1.165, 1.54) is 0 Å². The van der Waals surface area contributed by atoms with Gasteiger partial charge >= 0.3 is 0 Å². The molecule has 0 fully saturated rings. The Bertz CT molecular complexity index is 1040. The summed E-state index contributed by atoms with van der Waals surface area (Å²) in [6.45, 7) is 4.18. The fourth-order valence-corrected chi connectivity index (χ4v) is 4.64. The van der Waals surface area contributed by atoms with Crippen LogP contribution in [0.2, 0.25) is 0 Å². The van der Waals surface area contributed by atoms with Gasteiger partial charge in [-0.25, -0.2) is 8.42 Å². The van der Waals surface area contributed by atoms with E-state index in [9.17, 15) is 13.5 Å². The first-order valence-corrected chi connectivity index (χ1v) is 10.8. The van der Waals surface area contributed by atoms with Crippen LogP contribution in [0.4, 0.5) is 0 Å². The van der Waals surface area contributed by atoms with Gasteiger partial charge in [-0.1, -0.05) is 44.2 Å². The number of rotatable bonds is 7. The van der Waals surface area contributed by atoms with Gasteiger partial charge in [-0.05, 0) is 65.9 Å². The first-order chi connectivity index (χ1) is 13.5. The maximum atomic E-state index is 13.2. The van der Waals surface area contributed by atoms with Crippen LogP contribution in [0.1, 0.15) is 30.5 Å². The van der Waals surface area contributed by atoms with Gasteiger partial charge in [-0.2, -0.15) is 0 Å². The zero-order valence-electron chi connectivity index (χ0n) is 16.1. The molecule has 146 valence electrons. The average Bonchev–Trinajstić information content (AvgIpc) is 2.73. The lowest BCUT2D eigenvalue weighted by atomic mass is 10.1. The van der Waals surface area contributed by atoms with Gasteiger partial charge in [0.2, 0.25) is 9.84 Å². The molecule has 0 amide bonds. The van der Waals surface area contributed by atoms with Crippen LogP contribution >= 0.6 is 0 Å². The van der Waals surface area contributed by atoms with Gasteiger partial charge in [0.05, 0.1) is 9.79 Å². The van der Waals surface area contributed by atoms with Crippen molar-refractivity contribution in [3.63, 3.8) is 0 Å². The predicted molar refractivity (Wildman–Crippen MR) is 110 cm³/mol. The fraction of sp³-hybridized carbons (Fsp3) is 0.217. The van der Waals surface area contributed by atoms with E-state index < -0.39 is 9.84 Å². The van der Waals surface area contributed by atoms with Crippen LogP contribution < -0.4 is 4.74 Å². The number of hydrogen-bond donors (Lipinski definition) is 1. The van der Waals surface area contributed by atoms with Crippen LogP contribution in [0, 0.1) is 0 Å². The molecule has 28 heavy (non-hydrogen) atoms. The van der Waals surface area contributed by atoms with Gasteiger partial charge in [0.1, 0.15) is 18.1 Å². The second-order valence-electron chi connectivity index (χ2n) is 6.54. The van der Waals surface area contributed by atoms with Gasteiger partial charge < -0.3 is 9.84 Å². The third kappa shape index (κ3) is 4.20. The van der Waals surface area contributed by atoms with E-state index in [0.717, 1.165) is 5.56 Å². The van der Waals surface area contributed by atoms with Crippen LogP contribution in [0.5, 0.6) is 11.5 Å². The molecule has 0 atom stereocenters. The number of sulfone groups is 1. The zero-order valence-corrected chi connectivity index (χ0v) is 16.9. The second kappa shape index (κ2) is 8.48. The molecule has 0 saturated heterocycles. The first-order valence-electron chi connectivity index (χ1n) is 9.32. The number of phenols is 1. The first kappa shape index (κ1) is 20.0. The minimum atomic E-state index is -3.68. The average molecular weight is 397 g/mol. The smallest absolute Gasteiger partial charge is 0.206 e. The Labute approximate surface area is 166 Å². The van der Waals surface area contributed by atoms with Gasteiger partial charge in [0.25, 0.3) is 0 Å². The van der Waals surface area contributed by atoms with Crippen molar-refractivity contribution >= 4 is 9.84 Å². The summed E-state index contributed by atoms with van der Waals surface area (Å²) in [5, 5.41) is 10.1. The molecule has 0 spiro atoms. The Morgan fingerprint density at radius 1 is 0.857 bits per heavy atom. The number of phenolic OH excluding ortho intramolecular Hbond substituents is 1. The Morgan fingerprint density at radius 3 is 2.11 bits per heavy atom. The van der Waals surface area contributed by atoms with E-state index in [4.69, 9.17) is 4.74 Å². The van der Waals surface area contributed by atoms with E-state index in [0.29, 0.717) is 36.3 Å². The van der Waals surface area contributed by atoms with Crippen molar-refractivity contribution in [3.05, 3.63) is 83.4 Å². The summed E-state index contributed by atoms with van der Waals surface area (Å²) in [5.41, 5.74) is 2.28. The molecule has 0 unspecified atom stereocenters. The molecule has 0 aromatic heterocycles. The topological polar surface area (TPSA) is 63.6 Å². The van der Waals surface area contributed by atoms with E-state index in [-0.39, 0.29) is 15.5 Å². The Balaban J connectivity index is 1.86. The van der Waals surface area contributed by atoms with Crippen molar-refractivity contribution in [3.8, 4) is 11.5 Å². The molecule has 0 aliphatic heterocycles. The van der Waals surface area contributed by atoms with Crippen molar-refractivity contribution in [2.75, 3.05) is 0 Å². The minimum Gasteiger partial charge on any atom is -0.508 e. The largest absolute Gasteiger partial charge is 0.508 e. The highest BCUT2D eigenvalue weighted by Gasteiger charge is 2.22. The summed E-state index contributed by atoms with van der Waals surface area (Å²) in [6, 6.07) is 19.4. The highest BCUT2D eigenvalue weighted by molar-refractivity contribution is 7.91. The van der Waals surface area contributed by atoms with E-state index in [1.54, 1.807) is 36.4 Å². The van der Waals surface area contributed by atoms with E-state index >= 15 is 0 Å². The van der Waals surface area contributed by atoms with E-state index in [2.05, 4.69) is 0 Å². The third-order valence-electron chi connectivity index (χ3n) is 4.70. The van der Waals surface area contributed by atoms with E-state index in [1.807, 2.05) is 44.2 Å². The van der Waals surface area contributed by atoms with Gasteiger partial charge in [-0.3, -0.25) is 0 Å². The maximum Gasteiger partial charge on any atom is 0.206 e. The quantitative estimate of drug-likeness (QED) is 0.615. The molecule has 4 nitrogen and oxygen atoms in total. The molecular weight excluding hydrogens is 372 g/mol. The standard InChI is InChI=1S/C23H24O4S/c1-3-18-15-23(19(4-2)14-22(18)24)28(25,26)21-12-10-20(11-13-21)27-16-17-8-6-5-7-9-17/h5-15,24H,3-4,16H2,1-2H3. The minimum absolute atomic E-state index is 0.142. The summed E-state index contributed by atoms with van der Waals surface area (Å²) in [5.74, 6) is 0.751. The number of hydrogen-bond acceptors (Lipinski definition) is 4. The molecule has 0 bridgehead atoms. The SMILES string of the molecule is CCc1cc(S(=O)(=O)c2ccc(OCc3ccccc3)cc2)c(CC)cc1O. The molecule has 0 radical (unpaired) electrons. The lowest BCUT2D eigenvalue weighted by molar-refractivity contribution is 0.306. The van der Waals surface area contributed by atoms with Gasteiger partial charge in [-0.15, -0.1) is 0 Å². The molecule has 0 aliphatic carbocycles. The summed E-state index contributed by atoms with van der Waals surface area (Å²) in [4.78, 5) is 0.463. The number of aryl methyl sites for hydroxylation is 2. The molecule has 5 heteroatoms. The normalized spacial score (nSPS) is 11.4. The molecule has 3 aromatic carbocycles. The molecular formula is C23H24O4S. The van der Waals surface area contributed by atoms with Crippen molar-refractivity contribution < 1.29 is 18.3 Å². The summed E-state index contributed by atoms with van der Waals surface area (Å²) >= 11 is 0. The highest BCUT2D eigenvalue weighted by atomic mass is 32.2. The predicted octanol–water partition coefficient (Wildman–Crippen LogP) is 4.93. The second-order valence-corrected chi connectivity index (χ2v) is 8.46. The molecule has 3 aromatic rings. The summed E-state index contributed by atoms with van der Waals surface area (Å²) in [7, 11) is -3.68. The lowest BCUT2D eigenvalue weighted by Crippen LogP contribution is -2.07. The van der Waals surface area contributed by atoms with Gasteiger partial charge in [0, 0.05) is 0 Å². The van der Waals surface area contributed by atoms with Crippen molar-refractivity contribution in [2.45, 2.75) is 43.1 Å². The zero-order chi connectivity index (χ0) is 20.1. The number of aromatic hydroxyl groups is 1. The molecule has 0 saturated carbocycles. The fourth-order valence-electron chi connectivity index (χ4n) is 3.05. The third-order valence-corrected chi connectivity index (χ3v) is 6.55. The van der Waals surface area contributed by atoms with Crippen LogP contribution in [0.25, 0.3) is 0 Å². The molecule has 3 rings (SSSR count). The number of benzene rings is 3. The Morgan fingerprint density at radius 2 is 1.50 bits per heavy atom. The highest BCUT2D eigenvalue weighted by Crippen LogP contribution is 2.31. The molecule has 0 heterocycles. The monoisotopic (exact) mass is 396 g/mol. The molecule has 1 N–H and O–H groups in total. The van der Waals surface area contributed by atoms with Crippen LogP contribution in [0.3, 0.4) is 0 Å². The lowest BCUT2D eigenvalue weighted by Gasteiger charge is -2.13. The van der Waals surface area contributed by atoms with Crippen LogP contribution in [-0.4, -0.2) is 13.5 Å². The Hall–Kier alpha value is -2.79. The van der Waals surface area contributed by atoms with Crippen molar-refractivity contribution in [2.24, 2.45) is 0 Å². The number of ether oxygens (including phenoxy) is 1. The summed E-state index contributed by atoms with van der Waals surface area (Å²) in [6.07, 6.45) is 1.08. The van der Waals surface area contributed by atoms with Crippen LogP contribution in [-0.2, 0) is 29.3 Å². The molecule has 0 aliphatic rings. The van der Waals surface area contributed by atoms with Gasteiger partial charge in [0.15, 0.2) is 0 Å². The Kier molecular flexibility index (Phi) is 6.05. The van der Waals surface area contributed by atoms with Crippen molar-refractivity contribution in [1.82, 2.24) is 0 Å². The maximum absolute atomic E-state index is 13.2. The summed E-state index contributed by atoms with van der Waals surface area (Å²) < 4.78 is 32.1. The van der Waals surface area contributed by atoms with Crippen molar-refractivity contribution in [1.29, 1.82) is 0 Å². The van der Waals surface area contributed by atoms with Crippen LogP contribution in [0.15, 0.2) is 76.5 Å².